The first kappa shape index (κ1) is 10.8. The Hall–Kier alpha value is -0.330. The van der Waals surface area contributed by atoms with Gasteiger partial charge in [0, 0.05) is 0 Å². The molecule has 88 valence electrons. The summed E-state index contributed by atoms with van der Waals surface area (Å²) in [7, 11) is 1.41. The zero-order valence-corrected chi connectivity index (χ0v) is 11.1. The van der Waals surface area contributed by atoms with Crippen LogP contribution in [0.5, 0.6) is 0 Å². The maximum absolute atomic E-state index is 12.0. The molecule has 0 aromatic carbocycles. The molecule has 5 unspecified atom stereocenters. The van der Waals surface area contributed by atoms with Gasteiger partial charge in [0.15, 0.2) is 23.0 Å². The first-order valence-electron chi connectivity index (χ1n) is 5.58. The Labute approximate surface area is 108 Å². The third-order valence-electron chi connectivity index (χ3n) is 5.00. The second kappa shape index (κ2) is 3.34. The largest absolute Gasteiger partial charge is 0.469 e. The van der Waals surface area contributed by atoms with E-state index in [0.717, 1.165) is 19.3 Å². The van der Waals surface area contributed by atoms with Crippen LogP contribution < -0.4 is 0 Å². The molecule has 4 rings (SSSR count). The molecule has 4 aliphatic rings. The lowest BCUT2D eigenvalue weighted by atomic mass is 9.53. The third kappa shape index (κ3) is 0.926. The predicted octanol–water partition coefficient (Wildman–Crippen LogP) is 1.71. The van der Waals surface area contributed by atoms with E-state index in [4.69, 9.17) is 7.80 Å². The first-order valence-corrected chi connectivity index (χ1v) is 6.46. The van der Waals surface area contributed by atoms with Gasteiger partial charge in [0.1, 0.15) is 0 Å². The maximum atomic E-state index is 12.0. The number of carbonyl (C=O) groups is 2. The predicted molar refractivity (Wildman–Crippen MR) is 62.4 cm³/mol. The minimum atomic E-state index is -0.526. The summed E-state index contributed by atoms with van der Waals surface area (Å²) in [4.78, 5) is 23.8. The summed E-state index contributed by atoms with van der Waals surface area (Å²) in [6.07, 6.45) is 3.12. The van der Waals surface area contributed by atoms with Crippen molar-refractivity contribution in [2.45, 2.75) is 19.3 Å². The molecular formula is C11H13IO4. The van der Waals surface area contributed by atoms with Gasteiger partial charge in [-0.05, 0) is 37.0 Å². The second-order valence-electron chi connectivity index (χ2n) is 5.08. The quantitative estimate of drug-likeness (QED) is 0.569. The van der Waals surface area contributed by atoms with Crippen molar-refractivity contribution in [3.05, 3.63) is 0 Å². The van der Waals surface area contributed by atoms with Crippen LogP contribution in [0.3, 0.4) is 0 Å². The molecule has 4 nitrogen and oxygen atoms in total. The lowest BCUT2D eigenvalue weighted by Crippen LogP contribution is -2.57. The highest BCUT2D eigenvalue weighted by molar-refractivity contribution is 14.1. The van der Waals surface area contributed by atoms with Gasteiger partial charge in [0.05, 0.1) is 18.4 Å². The van der Waals surface area contributed by atoms with Crippen molar-refractivity contribution in [3.8, 4) is 0 Å². The molecule has 0 saturated heterocycles. The van der Waals surface area contributed by atoms with Gasteiger partial charge in [-0.3, -0.25) is 9.59 Å². The van der Waals surface area contributed by atoms with E-state index >= 15 is 0 Å². The van der Waals surface area contributed by atoms with Crippen LogP contribution in [0.1, 0.15) is 19.3 Å². The number of ether oxygens (including phenoxy) is 1. The smallest absolute Gasteiger partial charge is 0.319 e. The summed E-state index contributed by atoms with van der Waals surface area (Å²) in [6, 6.07) is 0. The van der Waals surface area contributed by atoms with Crippen LogP contribution in [0.15, 0.2) is 0 Å². The highest BCUT2D eigenvalue weighted by Gasteiger charge is 2.80. The van der Waals surface area contributed by atoms with Crippen molar-refractivity contribution in [1.29, 1.82) is 0 Å². The van der Waals surface area contributed by atoms with Crippen LogP contribution in [-0.4, -0.2) is 19.0 Å². The molecule has 0 heterocycles. The number of hydrogen-bond acceptors (Lipinski definition) is 4. The van der Waals surface area contributed by atoms with E-state index in [1.54, 1.807) is 23.0 Å². The van der Waals surface area contributed by atoms with E-state index in [-0.39, 0.29) is 17.9 Å². The molecule has 0 aromatic rings. The summed E-state index contributed by atoms with van der Waals surface area (Å²) in [5, 5.41) is 0. The Bertz CT molecular complexity index is 361. The van der Waals surface area contributed by atoms with Crippen molar-refractivity contribution in [3.63, 3.8) is 0 Å². The van der Waals surface area contributed by atoms with Gasteiger partial charge in [-0.2, -0.15) is 0 Å². The maximum Gasteiger partial charge on any atom is 0.319 e. The van der Waals surface area contributed by atoms with E-state index in [0.29, 0.717) is 17.8 Å². The lowest BCUT2D eigenvalue weighted by Gasteiger charge is -2.48. The van der Waals surface area contributed by atoms with Crippen LogP contribution in [0.4, 0.5) is 0 Å². The molecule has 4 aliphatic carbocycles. The number of methoxy groups -OCH3 is 1. The molecule has 0 amide bonds. The molecule has 0 N–H and O–H groups in total. The van der Waals surface area contributed by atoms with Crippen molar-refractivity contribution in [2.75, 3.05) is 7.11 Å². The van der Waals surface area contributed by atoms with Gasteiger partial charge < -0.3 is 7.80 Å². The number of rotatable bonds is 2. The SMILES string of the molecule is COC(=O)C12C3CCC1C(C3)C2C(=O)OI. The second-order valence-corrected chi connectivity index (χ2v) is 5.52. The number of hydrogen-bond donors (Lipinski definition) is 0. The van der Waals surface area contributed by atoms with Crippen LogP contribution in [0.2, 0.25) is 0 Å². The van der Waals surface area contributed by atoms with E-state index in [1.807, 2.05) is 0 Å². The van der Waals surface area contributed by atoms with Crippen molar-refractivity contribution in [2.24, 2.45) is 29.1 Å². The molecule has 4 fully saturated rings. The van der Waals surface area contributed by atoms with Crippen LogP contribution in [0.25, 0.3) is 0 Å². The summed E-state index contributed by atoms with van der Waals surface area (Å²) >= 11 is 1.61. The number of halogens is 1. The first-order chi connectivity index (χ1) is 7.67. The molecule has 16 heavy (non-hydrogen) atoms. The normalized spacial score (nSPS) is 47.4. The van der Waals surface area contributed by atoms with Crippen molar-refractivity contribution < 1.29 is 17.4 Å². The molecule has 4 saturated carbocycles. The Morgan fingerprint density at radius 2 is 2.12 bits per heavy atom. The highest BCUT2D eigenvalue weighted by Crippen LogP contribution is 2.76. The van der Waals surface area contributed by atoms with Gasteiger partial charge in [-0.25, -0.2) is 0 Å². The topological polar surface area (TPSA) is 52.6 Å². The van der Waals surface area contributed by atoms with Gasteiger partial charge in [-0.1, -0.05) is 0 Å². The standard InChI is InChI=1S/C11H13IO4/c1-15-10(14)11-5-2-3-7(11)6(4-5)8(11)9(13)16-12/h5-8H,2-4H2,1H3. The monoisotopic (exact) mass is 336 g/mol. The molecule has 5 atom stereocenters. The third-order valence-corrected chi connectivity index (χ3v) is 5.43. The van der Waals surface area contributed by atoms with Gasteiger partial charge >= 0.3 is 11.9 Å². The Kier molecular flexibility index (Phi) is 2.25. The van der Waals surface area contributed by atoms with Crippen molar-refractivity contribution >= 4 is 34.9 Å². The fourth-order valence-electron chi connectivity index (χ4n) is 4.66. The minimum Gasteiger partial charge on any atom is -0.469 e. The lowest BCUT2D eigenvalue weighted by molar-refractivity contribution is -0.183. The molecule has 0 spiro atoms. The van der Waals surface area contributed by atoms with Crippen LogP contribution in [0, 0.1) is 29.1 Å². The average Bonchev–Trinajstić information content (AvgIpc) is 2.89. The van der Waals surface area contributed by atoms with Crippen LogP contribution in [-0.2, 0) is 17.4 Å². The van der Waals surface area contributed by atoms with Gasteiger partial charge in [0.2, 0.25) is 0 Å². The zero-order valence-electron chi connectivity index (χ0n) is 8.94. The average molecular weight is 336 g/mol. The Morgan fingerprint density at radius 1 is 1.38 bits per heavy atom. The zero-order chi connectivity index (χ0) is 11.5. The summed E-state index contributed by atoms with van der Waals surface area (Å²) in [5.74, 6) is 0.396. The number of carbonyl (C=O) groups excluding carboxylic acids is 2. The Balaban J connectivity index is 1.99. The molecular weight excluding hydrogens is 323 g/mol. The van der Waals surface area contributed by atoms with Crippen LogP contribution >= 0.6 is 23.0 Å². The van der Waals surface area contributed by atoms with Gasteiger partial charge in [-0.15, -0.1) is 0 Å². The summed E-state index contributed by atoms with van der Waals surface area (Å²) in [5.41, 5.74) is -0.526. The fraction of sp³-hybridized carbons (Fsp3) is 0.818. The van der Waals surface area contributed by atoms with E-state index in [2.05, 4.69) is 0 Å². The highest BCUT2D eigenvalue weighted by atomic mass is 127. The minimum absolute atomic E-state index is 0.194. The number of esters is 1. The fourth-order valence-corrected chi connectivity index (χ4v) is 4.94. The molecule has 0 aliphatic heterocycles. The molecule has 5 heteroatoms. The van der Waals surface area contributed by atoms with E-state index < -0.39 is 5.41 Å². The van der Waals surface area contributed by atoms with E-state index in [1.165, 1.54) is 7.11 Å². The van der Waals surface area contributed by atoms with Crippen molar-refractivity contribution in [1.82, 2.24) is 0 Å². The Morgan fingerprint density at radius 3 is 2.69 bits per heavy atom. The molecule has 4 bridgehead atoms. The van der Waals surface area contributed by atoms with Gasteiger partial charge in [0.25, 0.3) is 0 Å². The molecule has 0 radical (unpaired) electrons. The summed E-state index contributed by atoms with van der Waals surface area (Å²) in [6.45, 7) is 0. The van der Waals surface area contributed by atoms with E-state index in [9.17, 15) is 9.59 Å². The summed E-state index contributed by atoms with van der Waals surface area (Å²) < 4.78 is 9.73. The molecule has 0 aromatic heterocycles.